The minimum absolute atomic E-state index is 0.0389. The molecule has 1 aliphatic carbocycles. The summed E-state index contributed by atoms with van der Waals surface area (Å²) in [6.07, 6.45) is 2.14. The van der Waals surface area contributed by atoms with Crippen LogP contribution in [0.25, 0.3) is 11.1 Å². The fourth-order valence-electron chi connectivity index (χ4n) is 4.03. The fourth-order valence-corrected chi connectivity index (χ4v) is 5.29. The van der Waals surface area contributed by atoms with Gasteiger partial charge in [-0.2, -0.15) is 5.26 Å². The maximum absolute atomic E-state index is 13.3. The van der Waals surface area contributed by atoms with E-state index in [-0.39, 0.29) is 18.2 Å². The van der Waals surface area contributed by atoms with E-state index < -0.39 is 5.25 Å². The monoisotopic (exact) mass is 489 g/mol. The van der Waals surface area contributed by atoms with E-state index in [4.69, 9.17) is 21.3 Å². The number of pyridine rings is 1. The lowest BCUT2D eigenvalue weighted by Crippen LogP contribution is -2.31. The van der Waals surface area contributed by atoms with Crippen molar-refractivity contribution in [2.45, 2.75) is 35.5 Å². The number of carbonyl (C=O) groups is 2. The number of methoxy groups -OCH3 is 1. The molecule has 2 aliphatic rings. The zero-order valence-electron chi connectivity index (χ0n) is 18.3. The highest BCUT2D eigenvalue weighted by Crippen LogP contribution is 2.44. The van der Waals surface area contributed by atoms with Crippen LogP contribution >= 0.6 is 23.4 Å². The van der Waals surface area contributed by atoms with E-state index in [9.17, 15) is 14.9 Å². The number of aromatic nitrogens is 1. The number of anilines is 1. The fraction of sp³-hybridized carbons (Fsp3) is 0.231. The number of rotatable bonds is 6. The van der Waals surface area contributed by atoms with Crippen LogP contribution in [0.2, 0.25) is 5.02 Å². The van der Waals surface area contributed by atoms with Gasteiger partial charge in [0.15, 0.2) is 0 Å². The largest absolute Gasteiger partial charge is 0.497 e. The summed E-state index contributed by atoms with van der Waals surface area (Å²) in [4.78, 5) is 32.0. The second kappa shape index (κ2) is 9.13. The van der Waals surface area contributed by atoms with E-state index in [0.29, 0.717) is 33.0 Å². The van der Waals surface area contributed by atoms with E-state index in [1.165, 1.54) is 23.8 Å². The Morgan fingerprint density at radius 3 is 2.59 bits per heavy atom. The first-order valence-corrected chi connectivity index (χ1v) is 12.1. The van der Waals surface area contributed by atoms with Crippen LogP contribution in [-0.2, 0) is 9.59 Å². The van der Waals surface area contributed by atoms with Gasteiger partial charge in [0.25, 0.3) is 0 Å². The summed E-state index contributed by atoms with van der Waals surface area (Å²) in [7, 11) is 1.53. The van der Waals surface area contributed by atoms with Crippen molar-refractivity contribution in [2.24, 2.45) is 0 Å². The molecule has 0 N–H and O–H groups in total. The molecule has 0 spiro atoms. The third kappa shape index (κ3) is 4.27. The molecular formula is C26H20ClN3O3S. The maximum Gasteiger partial charge on any atom is 0.247 e. The van der Waals surface area contributed by atoms with Crippen LogP contribution in [0.15, 0.2) is 59.6 Å². The Labute approximate surface area is 206 Å². The highest BCUT2D eigenvalue weighted by molar-refractivity contribution is 8.00. The standard InChI is InChI=1S/C26H20ClN3O3S/c1-33-19-4-2-3-18(11-19)30-24(31)13-23(26(30)32)34-25-21(14-28)20(12-22(29-25)16-5-6-16)15-7-9-17(27)10-8-15/h2-4,7-12,16,23H,5-6,13H2,1H3. The highest BCUT2D eigenvalue weighted by Gasteiger charge is 2.41. The first-order chi connectivity index (χ1) is 16.5. The van der Waals surface area contributed by atoms with Crippen molar-refractivity contribution < 1.29 is 14.3 Å². The SMILES string of the molecule is COc1cccc(N2C(=O)CC(Sc3nc(C4CC4)cc(-c4ccc(Cl)cc4)c3C#N)C2=O)c1. The number of hydrogen-bond acceptors (Lipinski definition) is 6. The number of carbonyl (C=O) groups excluding carboxylic acids is 2. The van der Waals surface area contributed by atoms with Gasteiger partial charge in [-0.1, -0.05) is 41.6 Å². The molecule has 1 saturated heterocycles. The predicted molar refractivity (Wildman–Crippen MR) is 131 cm³/mol. The summed E-state index contributed by atoms with van der Waals surface area (Å²) in [5.41, 5.74) is 3.41. The second-order valence-corrected chi connectivity index (χ2v) is 9.88. The zero-order valence-corrected chi connectivity index (χ0v) is 19.9. The van der Waals surface area contributed by atoms with E-state index in [1.807, 2.05) is 18.2 Å². The van der Waals surface area contributed by atoms with Gasteiger partial charge in [0.2, 0.25) is 11.8 Å². The Kier molecular flexibility index (Phi) is 6.03. The Morgan fingerprint density at radius 1 is 1.15 bits per heavy atom. The number of ether oxygens (including phenoxy) is 1. The van der Waals surface area contributed by atoms with Crippen molar-refractivity contribution in [3.05, 3.63) is 70.9 Å². The molecule has 2 amide bonds. The number of halogens is 1. The van der Waals surface area contributed by atoms with Crippen molar-refractivity contribution >= 4 is 40.9 Å². The van der Waals surface area contributed by atoms with Gasteiger partial charge in [0.1, 0.15) is 16.8 Å². The smallest absolute Gasteiger partial charge is 0.247 e. The Hall–Kier alpha value is -3.34. The summed E-state index contributed by atoms with van der Waals surface area (Å²) < 4.78 is 5.23. The molecule has 1 aromatic heterocycles. The maximum atomic E-state index is 13.3. The number of nitrogens with zero attached hydrogens (tertiary/aromatic N) is 3. The lowest BCUT2D eigenvalue weighted by Gasteiger charge is -2.16. The molecule has 6 nitrogen and oxygen atoms in total. The molecule has 34 heavy (non-hydrogen) atoms. The number of nitriles is 1. The van der Waals surface area contributed by atoms with Gasteiger partial charge in [-0.15, -0.1) is 0 Å². The average molecular weight is 490 g/mol. The quantitative estimate of drug-likeness (QED) is 0.420. The van der Waals surface area contributed by atoms with Crippen LogP contribution in [0.5, 0.6) is 5.75 Å². The van der Waals surface area contributed by atoms with Crippen LogP contribution in [0, 0.1) is 11.3 Å². The minimum atomic E-state index is -0.661. The number of benzene rings is 2. The molecule has 1 aliphatic heterocycles. The normalized spacial score (nSPS) is 17.7. The molecule has 2 aromatic carbocycles. The number of hydrogen-bond donors (Lipinski definition) is 0. The van der Waals surface area contributed by atoms with Gasteiger partial charge >= 0.3 is 0 Å². The highest BCUT2D eigenvalue weighted by atomic mass is 35.5. The number of thioether (sulfide) groups is 1. The molecule has 2 fully saturated rings. The van der Waals surface area contributed by atoms with Gasteiger partial charge in [-0.05, 0) is 48.7 Å². The van der Waals surface area contributed by atoms with Gasteiger partial charge in [-0.3, -0.25) is 9.59 Å². The third-order valence-electron chi connectivity index (χ3n) is 5.94. The topological polar surface area (TPSA) is 83.3 Å². The molecule has 3 aromatic rings. The molecule has 2 heterocycles. The van der Waals surface area contributed by atoms with E-state index in [0.717, 1.165) is 29.7 Å². The van der Waals surface area contributed by atoms with Crippen molar-refractivity contribution in [3.8, 4) is 22.9 Å². The average Bonchev–Trinajstić information content (AvgIpc) is 3.65. The molecule has 1 atom stereocenters. The molecule has 8 heteroatoms. The van der Waals surface area contributed by atoms with Crippen LogP contribution in [0.1, 0.15) is 36.4 Å². The van der Waals surface area contributed by atoms with Crippen molar-refractivity contribution in [1.82, 2.24) is 4.98 Å². The number of amides is 2. The van der Waals surface area contributed by atoms with Crippen molar-refractivity contribution in [1.29, 1.82) is 5.26 Å². The zero-order chi connectivity index (χ0) is 23.8. The van der Waals surface area contributed by atoms with Gasteiger partial charge in [-0.25, -0.2) is 9.88 Å². The summed E-state index contributed by atoms with van der Waals surface area (Å²) in [5.74, 6) is 0.309. The Morgan fingerprint density at radius 2 is 1.91 bits per heavy atom. The van der Waals surface area contributed by atoms with Gasteiger partial charge in [0.05, 0.1) is 23.6 Å². The summed E-state index contributed by atoms with van der Waals surface area (Å²) in [6.45, 7) is 0. The lowest BCUT2D eigenvalue weighted by atomic mass is 10.0. The predicted octanol–water partition coefficient (Wildman–Crippen LogP) is 5.58. The lowest BCUT2D eigenvalue weighted by molar-refractivity contribution is -0.121. The third-order valence-corrected chi connectivity index (χ3v) is 7.36. The molecular weight excluding hydrogens is 470 g/mol. The van der Waals surface area contributed by atoms with Gasteiger partial charge < -0.3 is 4.74 Å². The van der Waals surface area contributed by atoms with E-state index >= 15 is 0 Å². The molecule has 170 valence electrons. The molecule has 1 unspecified atom stereocenters. The van der Waals surface area contributed by atoms with Crippen LogP contribution in [-0.4, -0.2) is 29.2 Å². The number of imide groups is 1. The molecule has 5 rings (SSSR count). The van der Waals surface area contributed by atoms with E-state index in [2.05, 4.69) is 6.07 Å². The van der Waals surface area contributed by atoms with Crippen molar-refractivity contribution in [3.63, 3.8) is 0 Å². The summed E-state index contributed by atoms with van der Waals surface area (Å²) in [6, 6.07) is 18.4. The molecule has 0 radical (unpaired) electrons. The first-order valence-electron chi connectivity index (χ1n) is 10.9. The van der Waals surface area contributed by atoms with Crippen molar-refractivity contribution in [2.75, 3.05) is 12.0 Å². The summed E-state index contributed by atoms with van der Waals surface area (Å²) in [5, 5.41) is 10.5. The Bertz CT molecular complexity index is 1330. The van der Waals surface area contributed by atoms with E-state index in [1.54, 1.807) is 36.4 Å². The first kappa shape index (κ1) is 22.5. The molecule has 0 bridgehead atoms. The second-order valence-electron chi connectivity index (χ2n) is 8.25. The van der Waals surface area contributed by atoms with Gasteiger partial charge in [0, 0.05) is 34.7 Å². The van der Waals surface area contributed by atoms with Crippen LogP contribution in [0.4, 0.5) is 5.69 Å². The van der Waals surface area contributed by atoms with Crippen LogP contribution < -0.4 is 9.64 Å². The Balaban J connectivity index is 1.50. The summed E-state index contributed by atoms with van der Waals surface area (Å²) >= 11 is 7.25. The molecule has 1 saturated carbocycles. The minimum Gasteiger partial charge on any atom is -0.497 e. The van der Waals surface area contributed by atoms with Crippen LogP contribution in [0.3, 0.4) is 0 Å².